The summed E-state index contributed by atoms with van der Waals surface area (Å²) in [7, 11) is 0. The lowest BCUT2D eigenvalue weighted by molar-refractivity contribution is 0.843. The van der Waals surface area contributed by atoms with Crippen molar-refractivity contribution in [3.8, 4) is 17.3 Å². The van der Waals surface area contributed by atoms with Crippen molar-refractivity contribution in [1.29, 1.82) is 5.26 Å². The van der Waals surface area contributed by atoms with Crippen LogP contribution in [-0.2, 0) is 6.42 Å². The second kappa shape index (κ2) is 5.60. The van der Waals surface area contributed by atoms with Crippen LogP contribution in [0.2, 0.25) is 0 Å². The van der Waals surface area contributed by atoms with Gasteiger partial charge in [-0.3, -0.25) is 0 Å². The Labute approximate surface area is 106 Å². The Morgan fingerprint density at radius 1 is 1.35 bits per heavy atom. The maximum absolute atomic E-state index is 8.50. The minimum absolute atomic E-state index is 0.610. The molecule has 3 heteroatoms. The number of unbranched alkanes of at least 4 members (excludes halogenated alkanes) is 1. The van der Waals surface area contributed by atoms with Gasteiger partial charge in [0.05, 0.1) is 16.8 Å². The van der Waals surface area contributed by atoms with Gasteiger partial charge in [0, 0.05) is 23.8 Å². The SMILES string of the molecule is Cc1ccccc1-c1csc(CCCC#N)n1. The quantitative estimate of drug-likeness (QED) is 0.761. The summed E-state index contributed by atoms with van der Waals surface area (Å²) in [6.07, 6.45) is 2.42. The minimum Gasteiger partial charge on any atom is -0.241 e. The highest BCUT2D eigenvalue weighted by Crippen LogP contribution is 2.25. The first-order valence-corrected chi connectivity index (χ1v) is 6.56. The van der Waals surface area contributed by atoms with Crippen LogP contribution in [0.15, 0.2) is 29.6 Å². The average Bonchev–Trinajstić information content (AvgIpc) is 2.79. The molecule has 0 amide bonds. The summed E-state index contributed by atoms with van der Waals surface area (Å²) in [5.74, 6) is 0. The number of aryl methyl sites for hydroxylation is 2. The third-order valence-electron chi connectivity index (χ3n) is 2.65. The molecule has 0 fully saturated rings. The Kier molecular flexibility index (Phi) is 3.89. The lowest BCUT2D eigenvalue weighted by atomic mass is 10.1. The molecule has 2 aromatic rings. The molecular weight excluding hydrogens is 228 g/mol. The van der Waals surface area contributed by atoms with Crippen LogP contribution >= 0.6 is 11.3 Å². The van der Waals surface area contributed by atoms with Gasteiger partial charge < -0.3 is 0 Å². The molecule has 1 aromatic heterocycles. The summed E-state index contributed by atoms with van der Waals surface area (Å²) in [6.45, 7) is 2.10. The van der Waals surface area contributed by atoms with E-state index in [2.05, 4.69) is 35.5 Å². The van der Waals surface area contributed by atoms with Crippen LogP contribution in [0.1, 0.15) is 23.4 Å². The molecule has 1 aromatic carbocycles. The Hall–Kier alpha value is -1.66. The molecule has 17 heavy (non-hydrogen) atoms. The molecule has 0 bridgehead atoms. The fourth-order valence-corrected chi connectivity index (χ4v) is 2.57. The molecular formula is C14H14N2S. The van der Waals surface area contributed by atoms with Crippen molar-refractivity contribution in [2.45, 2.75) is 26.2 Å². The molecule has 0 saturated carbocycles. The fourth-order valence-electron chi connectivity index (χ4n) is 1.73. The van der Waals surface area contributed by atoms with Crippen LogP contribution in [0.3, 0.4) is 0 Å². The second-order valence-electron chi connectivity index (χ2n) is 3.95. The number of benzene rings is 1. The molecule has 0 aliphatic heterocycles. The van der Waals surface area contributed by atoms with Crippen molar-refractivity contribution in [2.75, 3.05) is 0 Å². The summed E-state index contributed by atoms with van der Waals surface area (Å²) in [4.78, 5) is 4.62. The largest absolute Gasteiger partial charge is 0.241 e. The average molecular weight is 242 g/mol. The Morgan fingerprint density at radius 3 is 2.94 bits per heavy atom. The van der Waals surface area contributed by atoms with E-state index in [1.54, 1.807) is 11.3 Å². The lowest BCUT2D eigenvalue weighted by Crippen LogP contribution is -1.86. The summed E-state index contributed by atoms with van der Waals surface area (Å²) in [5.41, 5.74) is 3.51. The van der Waals surface area contributed by atoms with Crippen LogP contribution in [-0.4, -0.2) is 4.98 Å². The molecule has 0 aliphatic carbocycles. The van der Waals surface area contributed by atoms with Crippen LogP contribution < -0.4 is 0 Å². The van der Waals surface area contributed by atoms with Gasteiger partial charge in [-0.1, -0.05) is 24.3 Å². The van der Waals surface area contributed by atoms with Gasteiger partial charge in [-0.2, -0.15) is 5.26 Å². The third-order valence-corrected chi connectivity index (χ3v) is 3.56. The first-order valence-electron chi connectivity index (χ1n) is 5.68. The zero-order valence-corrected chi connectivity index (χ0v) is 10.6. The van der Waals surface area contributed by atoms with Crippen LogP contribution in [0.25, 0.3) is 11.3 Å². The first-order chi connectivity index (χ1) is 8.31. The van der Waals surface area contributed by atoms with E-state index in [0.29, 0.717) is 6.42 Å². The van der Waals surface area contributed by atoms with E-state index < -0.39 is 0 Å². The Morgan fingerprint density at radius 2 is 2.18 bits per heavy atom. The predicted octanol–water partition coefficient (Wildman–Crippen LogP) is 3.96. The van der Waals surface area contributed by atoms with Crippen molar-refractivity contribution < 1.29 is 0 Å². The summed E-state index contributed by atoms with van der Waals surface area (Å²) in [6, 6.07) is 10.4. The van der Waals surface area contributed by atoms with E-state index in [0.717, 1.165) is 23.5 Å². The molecule has 86 valence electrons. The highest BCUT2D eigenvalue weighted by Gasteiger charge is 2.06. The number of aromatic nitrogens is 1. The van der Waals surface area contributed by atoms with Gasteiger partial charge in [0.2, 0.25) is 0 Å². The smallest absolute Gasteiger partial charge is 0.0932 e. The Balaban J connectivity index is 2.14. The molecule has 0 unspecified atom stereocenters. The highest BCUT2D eigenvalue weighted by atomic mass is 32.1. The molecule has 2 nitrogen and oxygen atoms in total. The topological polar surface area (TPSA) is 36.7 Å². The normalized spacial score (nSPS) is 10.1. The van der Waals surface area contributed by atoms with E-state index in [1.165, 1.54) is 11.1 Å². The van der Waals surface area contributed by atoms with Gasteiger partial charge in [0.25, 0.3) is 0 Å². The van der Waals surface area contributed by atoms with Crippen molar-refractivity contribution >= 4 is 11.3 Å². The van der Waals surface area contributed by atoms with Gasteiger partial charge >= 0.3 is 0 Å². The Bertz CT molecular complexity index is 537. The number of nitriles is 1. The number of hydrogen-bond donors (Lipinski definition) is 0. The number of thiazole rings is 1. The van der Waals surface area contributed by atoms with Crippen LogP contribution in [0, 0.1) is 18.3 Å². The van der Waals surface area contributed by atoms with Crippen LogP contribution in [0.4, 0.5) is 0 Å². The monoisotopic (exact) mass is 242 g/mol. The van der Waals surface area contributed by atoms with Crippen molar-refractivity contribution in [2.24, 2.45) is 0 Å². The standard InChI is InChI=1S/C14H14N2S/c1-11-6-2-3-7-12(11)13-10-17-14(16-13)8-4-5-9-15/h2-3,6-7,10H,4-5,8H2,1H3. The summed E-state index contributed by atoms with van der Waals surface area (Å²) >= 11 is 1.68. The maximum Gasteiger partial charge on any atom is 0.0932 e. The molecule has 0 aliphatic rings. The lowest BCUT2D eigenvalue weighted by Gasteiger charge is -2.00. The maximum atomic E-state index is 8.50. The minimum atomic E-state index is 0.610. The van der Waals surface area contributed by atoms with Crippen molar-refractivity contribution in [1.82, 2.24) is 4.98 Å². The van der Waals surface area contributed by atoms with Gasteiger partial charge in [-0.05, 0) is 18.9 Å². The number of rotatable bonds is 4. The third kappa shape index (κ3) is 2.92. The van der Waals surface area contributed by atoms with Gasteiger partial charge in [-0.25, -0.2) is 4.98 Å². The van der Waals surface area contributed by atoms with E-state index >= 15 is 0 Å². The summed E-state index contributed by atoms with van der Waals surface area (Å²) < 4.78 is 0. The molecule has 0 atom stereocenters. The van der Waals surface area contributed by atoms with Crippen molar-refractivity contribution in [3.63, 3.8) is 0 Å². The van der Waals surface area contributed by atoms with E-state index in [9.17, 15) is 0 Å². The molecule has 1 heterocycles. The number of hydrogen-bond acceptors (Lipinski definition) is 3. The van der Waals surface area contributed by atoms with E-state index in [1.807, 2.05) is 12.1 Å². The van der Waals surface area contributed by atoms with Gasteiger partial charge in [0.15, 0.2) is 0 Å². The summed E-state index contributed by atoms with van der Waals surface area (Å²) in [5, 5.41) is 11.7. The van der Waals surface area contributed by atoms with Gasteiger partial charge in [-0.15, -0.1) is 11.3 Å². The molecule has 0 spiro atoms. The fraction of sp³-hybridized carbons (Fsp3) is 0.286. The molecule has 0 saturated heterocycles. The van der Waals surface area contributed by atoms with E-state index in [4.69, 9.17) is 5.26 Å². The molecule has 2 rings (SSSR count). The highest BCUT2D eigenvalue weighted by molar-refractivity contribution is 7.09. The number of nitrogens with zero attached hydrogens (tertiary/aromatic N) is 2. The van der Waals surface area contributed by atoms with Crippen LogP contribution in [0.5, 0.6) is 0 Å². The molecule has 0 radical (unpaired) electrons. The zero-order chi connectivity index (χ0) is 12.1. The molecule has 0 N–H and O–H groups in total. The van der Waals surface area contributed by atoms with E-state index in [-0.39, 0.29) is 0 Å². The second-order valence-corrected chi connectivity index (χ2v) is 4.90. The predicted molar refractivity (Wildman–Crippen MR) is 70.8 cm³/mol. The van der Waals surface area contributed by atoms with Crippen molar-refractivity contribution in [3.05, 3.63) is 40.2 Å². The van der Waals surface area contributed by atoms with Gasteiger partial charge in [0.1, 0.15) is 0 Å². The zero-order valence-electron chi connectivity index (χ0n) is 9.81. The first kappa shape index (κ1) is 11.8.